The molecule has 0 aromatic carbocycles. The van der Waals surface area contributed by atoms with Crippen LogP contribution < -0.4 is 0 Å². The van der Waals surface area contributed by atoms with Crippen molar-refractivity contribution >= 4 is 5.78 Å². The quantitative estimate of drug-likeness (QED) is 0.0744. The minimum atomic E-state index is -1.77. The standard InChI is InChI=1S/C54H90O23/c1-22(10-14-31(57)51(5,6)77-48-44(69)40(65)37(62)29(74-48)21-70-46-42(67)39(64)35(60)27(19-55)72-46)24-16-17-52(7)30-13-11-25-26(54(30,9)32(58)18-53(24,52)8)12-15-33(50(25,3)4)75-49-45(41(66)36(61)28(20-56)73-49)76-47-43(68)38(63)34(59)23(2)71-47/h11,22-24,26-31,33-49,55-57,59-69H,10,12-21H2,1-9H3/t22-,23+,24-,26-,27-,28-,29-,30+,31-,33+,34+,35-,36-,37-,38-,39+,40+,41+,42-,43-,44-,45-,46-,47+,48+,49+,52+,53-,54+/m1/s1. The molecule has 23 nitrogen and oxygen atoms in total. The lowest BCUT2D eigenvalue weighted by Crippen LogP contribution is -2.65. The van der Waals surface area contributed by atoms with Crippen LogP contribution in [0.15, 0.2) is 11.6 Å². The third-order valence-corrected chi connectivity index (χ3v) is 20.6. The smallest absolute Gasteiger partial charge is 0.187 e. The van der Waals surface area contributed by atoms with Crippen LogP contribution in [-0.2, 0) is 42.7 Å². The number of rotatable bonds is 16. The number of fused-ring (bicyclic) bond motifs is 5. The fourth-order valence-electron chi connectivity index (χ4n) is 15.3. The average Bonchev–Trinajstić information content (AvgIpc) is 3.93. The largest absolute Gasteiger partial charge is 0.394 e. The summed E-state index contributed by atoms with van der Waals surface area (Å²) < 4.78 is 47.4. The normalized spacial score (nSPS) is 51.0. The van der Waals surface area contributed by atoms with Crippen molar-refractivity contribution in [2.24, 2.45) is 45.3 Å². The summed E-state index contributed by atoms with van der Waals surface area (Å²) in [5, 5.41) is 148. The first-order chi connectivity index (χ1) is 35.9. The number of Topliss-reactive ketones (excluding diaryl/α,β-unsaturated/α-hetero) is 1. The van der Waals surface area contributed by atoms with Crippen LogP contribution in [0.1, 0.15) is 114 Å². The van der Waals surface area contributed by atoms with Crippen molar-refractivity contribution in [3.8, 4) is 0 Å². The topological polar surface area (TPSA) is 374 Å². The number of aliphatic hydroxyl groups excluding tert-OH is 14. The van der Waals surface area contributed by atoms with Gasteiger partial charge in [-0.05, 0) is 100 Å². The Hall–Kier alpha value is -1.47. The Kier molecular flexibility index (Phi) is 18.4. The van der Waals surface area contributed by atoms with Gasteiger partial charge >= 0.3 is 0 Å². The van der Waals surface area contributed by atoms with Gasteiger partial charge in [-0.15, -0.1) is 0 Å². The number of ketones is 1. The van der Waals surface area contributed by atoms with Gasteiger partial charge in [-0.2, -0.15) is 0 Å². The zero-order chi connectivity index (χ0) is 56.8. The molecule has 3 saturated carbocycles. The highest BCUT2D eigenvalue weighted by Gasteiger charge is 2.71. The molecule has 0 unspecified atom stereocenters. The molecule has 7 fully saturated rings. The van der Waals surface area contributed by atoms with Gasteiger partial charge in [0.05, 0.1) is 43.7 Å². The van der Waals surface area contributed by atoms with Crippen molar-refractivity contribution in [1.29, 1.82) is 0 Å². The van der Waals surface area contributed by atoms with E-state index in [0.717, 1.165) is 18.4 Å². The summed E-state index contributed by atoms with van der Waals surface area (Å²) in [5.74, 6) is 0.303. The number of carbonyl (C=O) groups is 1. The highest BCUT2D eigenvalue weighted by atomic mass is 16.8. The van der Waals surface area contributed by atoms with E-state index in [0.29, 0.717) is 32.1 Å². The highest BCUT2D eigenvalue weighted by Crippen LogP contribution is 2.74. The van der Waals surface area contributed by atoms with E-state index < -0.39 is 171 Å². The molecule has 0 aromatic heterocycles. The maximum Gasteiger partial charge on any atom is 0.187 e. The third kappa shape index (κ3) is 10.7. The zero-order valence-electron chi connectivity index (χ0n) is 45.8. The molecular weight excluding hydrogens is 1020 g/mol. The van der Waals surface area contributed by atoms with Crippen molar-refractivity contribution in [3.63, 3.8) is 0 Å². The maximum atomic E-state index is 15.2. The molecule has 0 spiro atoms. The Balaban J connectivity index is 0.911. The van der Waals surface area contributed by atoms with E-state index in [-0.39, 0.29) is 46.7 Å². The summed E-state index contributed by atoms with van der Waals surface area (Å²) in [6, 6.07) is 0. The van der Waals surface area contributed by atoms with Crippen LogP contribution in [0.5, 0.6) is 0 Å². The first-order valence-electron chi connectivity index (χ1n) is 27.8. The van der Waals surface area contributed by atoms with E-state index in [4.69, 9.17) is 37.9 Å². The molecule has 0 radical (unpaired) electrons. The number of allylic oxidation sites excluding steroid dienone is 1. The predicted molar refractivity (Wildman–Crippen MR) is 265 cm³/mol. The minimum absolute atomic E-state index is 0.0141. The molecule has 23 heteroatoms. The molecule has 77 heavy (non-hydrogen) atoms. The Morgan fingerprint density at radius 3 is 1.84 bits per heavy atom. The van der Waals surface area contributed by atoms with E-state index >= 15 is 4.79 Å². The molecule has 8 aliphatic rings. The van der Waals surface area contributed by atoms with E-state index in [1.54, 1.807) is 13.8 Å². The fourth-order valence-corrected chi connectivity index (χ4v) is 15.3. The summed E-state index contributed by atoms with van der Waals surface area (Å²) in [5.41, 5.74) is -2.28. The number of hydrogen-bond acceptors (Lipinski definition) is 23. The van der Waals surface area contributed by atoms with Crippen LogP contribution in [0.25, 0.3) is 0 Å². The second-order valence-electron chi connectivity index (χ2n) is 25.6. The van der Waals surface area contributed by atoms with Crippen molar-refractivity contribution in [2.45, 2.75) is 254 Å². The van der Waals surface area contributed by atoms with Gasteiger partial charge in [-0.3, -0.25) is 4.79 Å². The molecule has 444 valence electrons. The van der Waals surface area contributed by atoms with E-state index in [1.165, 1.54) is 6.92 Å². The van der Waals surface area contributed by atoms with E-state index in [9.17, 15) is 71.5 Å². The number of ether oxygens (including phenoxy) is 8. The minimum Gasteiger partial charge on any atom is -0.394 e. The molecular formula is C54H90O23. The number of aliphatic hydroxyl groups is 14. The first-order valence-corrected chi connectivity index (χ1v) is 27.8. The number of hydrogen-bond donors (Lipinski definition) is 14. The fraction of sp³-hybridized carbons (Fsp3) is 0.944. The number of carbonyl (C=O) groups excluding carboxylic acids is 1. The van der Waals surface area contributed by atoms with Gasteiger partial charge < -0.3 is 109 Å². The lowest BCUT2D eigenvalue weighted by molar-refractivity contribution is -0.372. The van der Waals surface area contributed by atoms with Gasteiger partial charge in [0.1, 0.15) is 97.3 Å². The van der Waals surface area contributed by atoms with Gasteiger partial charge in [0.25, 0.3) is 0 Å². The SMILES string of the molecule is C[C@H](CC[C@@H](O)C(C)(C)O[C@@H]1O[C@H](CO[C@@H]2O[C@H](CO)[C@@H](O)[C@H](O)[C@H]2O)[C@@H](O)[C@H](O)[C@H]1O)[C@H]1CC[C@@]2(C)[C@@H]3CC=C4[C@@H](CC[C@H](O[C@@H]5O[C@H](CO)[C@@H](O)[C@H](O)[C@H]5O[C@@H]5O[C@@H](C)[C@H](O)[C@@H](O)[C@H]5O)C4(C)C)[C@]3(C)C(=O)C[C@]12C. The van der Waals surface area contributed by atoms with Crippen LogP contribution in [0, 0.1) is 45.3 Å². The van der Waals surface area contributed by atoms with Crippen molar-refractivity contribution in [2.75, 3.05) is 19.8 Å². The summed E-state index contributed by atoms with van der Waals surface area (Å²) in [6.07, 6.45) is -25.2. The summed E-state index contributed by atoms with van der Waals surface area (Å²) in [6.45, 7) is 15.8. The molecule has 29 atom stereocenters. The molecule has 0 amide bonds. The van der Waals surface area contributed by atoms with Crippen LogP contribution >= 0.6 is 0 Å². The summed E-state index contributed by atoms with van der Waals surface area (Å²) in [7, 11) is 0. The van der Waals surface area contributed by atoms with Gasteiger partial charge in [-0.25, -0.2) is 0 Å². The molecule has 14 N–H and O–H groups in total. The molecule has 4 aliphatic heterocycles. The second-order valence-corrected chi connectivity index (χ2v) is 25.6. The molecule has 4 aliphatic carbocycles. The van der Waals surface area contributed by atoms with E-state index in [1.807, 2.05) is 0 Å². The Morgan fingerprint density at radius 2 is 1.21 bits per heavy atom. The van der Waals surface area contributed by atoms with E-state index in [2.05, 4.69) is 47.6 Å². The summed E-state index contributed by atoms with van der Waals surface area (Å²) >= 11 is 0. The lowest BCUT2D eigenvalue weighted by Gasteiger charge is -2.65. The molecule has 0 aromatic rings. The van der Waals surface area contributed by atoms with Crippen molar-refractivity contribution in [3.05, 3.63) is 11.6 Å². The summed E-state index contributed by atoms with van der Waals surface area (Å²) in [4.78, 5) is 15.2. The van der Waals surface area contributed by atoms with Crippen LogP contribution in [0.3, 0.4) is 0 Å². The Bertz CT molecular complexity index is 2060. The van der Waals surface area contributed by atoms with Crippen LogP contribution in [0.4, 0.5) is 0 Å². The highest BCUT2D eigenvalue weighted by molar-refractivity contribution is 5.88. The lowest BCUT2D eigenvalue weighted by atomic mass is 9.38. The van der Waals surface area contributed by atoms with Crippen LogP contribution in [-0.4, -0.2) is 238 Å². The van der Waals surface area contributed by atoms with Crippen molar-refractivity contribution < 1.29 is 114 Å². The molecule has 4 heterocycles. The average molecular weight is 1110 g/mol. The third-order valence-electron chi connectivity index (χ3n) is 20.6. The molecule has 8 rings (SSSR count). The van der Waals surface area contributed by atoms with Gasteiger partial charge in [0.15, 0.2) is 25.2 Å². The second kappa shape index (κ2) is 22.9. The Labute approximate surface area is 450 Å². The zero-order valence-corrected chi connectivity index (χ0v) is 45.8. The van der Waals surface area contributed by atoms with Crippen molar-refractivity contribution in [1.82, 2.24) is 0 Å². The first kappa shape index (κ1) is 61.6. The molecule has 4 saturated heterocycles. The van der Waals surface area contributed by atoms with Gasteiger partial charge in [-0.1, -0.05) is 53.2 Å². The maximum absolute atomic E-state index is 15.2. The molecule has 0 bridgehead atoms. The van der Waals surface area contributed by atoms with Gasteiger partial charge in [0, 0.05) is 17.3 Å². The van der Waals surface area contributed by atoms with Crippen LogP contribution in [0.2, 0.25) is 0 Å². The predicted octanol–water partition coefficient (Wildman–Crippen LogP) is -2.00. The Morgan fingerprint density at radius 1 is 0.649 bits per heavy atom. The monoisotopic (exact) mass is 1110 g/mol. The van der Waals surface area contributed by atoms with Gasteiger partial charge in [0.2, 0.25) is 0 Å².